The van der Waals surface area contributed by atoms with E-state index in [2.05, 4.69) is 0 Å². The number of hydrogen-bond donors (Lipinski definition) is 0. The van der Waals surface area contributed by atoms with Gasteiger partial charge in [0.2, 0.25) is 0 Å². The van der Waals surface area contributed by atoms with Gasteiger partial charge >= 0.3 is 0 Å². The molecule has 1 aromatic carbocycles. The van der Waals surface area contributed by atoms with E-state index in [9.17, 15) is 13.2 Å². The Morgan fingerprint density at radius 2 is 2.07 bits per heavy atom. The summed E-state index contributed by atoms with van der Waals surface area (Å²) >= 11 is 0. The van der Waals surface area contributed by atoms with E-state index in [1.807, 2.05) is 0 Å². The summed E-state index contributed by atoms with van der Waals surface area (Å²) in [4.78, 5) is 10.6. The zero-order chi connectivity index (χ0) is 11.1. The number of fused-ring (bicyclic) bond motifs is 1. The lowest BCUT2D eigenvalue weighted by atomic mass is 10.2. The van der Waals surface area contributed by atoms with Gasteiger partial charge in [-0.25, -0.2) is 8.42 Å². The van der Waals surface area contributed by atoms with Crippen molar-refractivity contribution in [3.63, 3.8) is 0 Å². The molecule has 0 aliphatic rings. The zero-order valence-electron chi connectivity index (χ0n) is 7.31. The Bertz CT molecular complexity index is 627. The Morgan fingerprint density at radius 1 is 1.33 bits per heavy atom. The fourth-order valence-corrected chi connectivity index (χ4v) is 2.11. The normalized spacial score (nSPS) is 11.8. The number of aldehydes is 1. The minimum atomic E-state index is -3.83. The van der Waals surface area contributed by atoms with Crippen LogP contribution in [0.15, 0.2) is 33.8 Å². The van der Waals surface area contributed by atoms with Gasteiger partial charge in [0, 0.05) is 16.1 Å². The first-order chi connectivity index (χ1) is 7.02. The van der Waals surface area contributed by atoms with Crippen LogP contribution in [0.2, 0.25) is 0 Å². The Morgan fingerprint density at radius 3 is 2.67 bits per heavy atom. The summed E-state index contributed by atoms with van der Waals surface area (Å²) in [5, 5.41) is 0.527. The fraction of sp³-hybridized carbons (Fsp3) is 0. The highest BCUT2D eigenvalue weighted by molar-refractivity contribution is 8.13. The molecule has 6 heteroatoms. The average molecular weight is 245 g/mol. The van der Waals surface area contributed by atoms with E-state index in [4.69, 9.17) is 15.1 Å². The Kier molecular flexibility index (Phi) is 2.28. The van der Waals surface area contributed by atoms with Crippen molar-refractivity contribution >= 4 is 37.0 Å². The highest BCUT2D eigenvalue weighted by Crippen LogP contribution is 2.25. The molecule has 0 atom stereocenters. The van der Waals surface area contributed by atoms with Crippen LogP contribution in [0.3, 0.4) is 0 Å². The van der Waals surface area contributed by atoms with Crippen LogP contribution in [0.1, 0.15) is 10.4 Å². The average Bonchev–Trinajstić information content (AvgIpc) is 2.62. The molecule has 2 aromatic rings. The lowest BCUT2D eigenvalue weighted by Crippen LogP contribution is -1.92. The van der Waals surface area contributed by atoms with Crippen LogP contribution < -0.4 is 0 Å². The fourth-order valence-electron chi connectivity index (χ4n) is 1.31. The topological polar surface area (TPSA) is 64.3 Å². The standard InChI is InChI=1S/C9H5ClO4S/c10-15(12,13)8-3-6-1-2-14-9(6)7(4-8)5-11/h1-5H. The summed E-state index contributed by atoms with van der Waals surface area (Å²) in [6.07, 6.45) is 1.90. The first-order valence-corrected chi connectivity index (χ1v) is 6.24. The summed E-state index contributed by atoms with van der Waals surface area (Å²) in [5.41, 5.74) is 0.519. The minimum absolute atomic E-state index is 0.111. The van der Waals surface area contributed by atoms with Crippen LogP contribution in [0.4, 0.5) is 0 Å². The number of hydrogen-bond acceptors (Lipinski definition) is 4. The highest BCUT2D eigenvalue weighted by atomic mass is 35.7. The monoisotopic (exact) mass is 244 g/mol. The summed E-state index contributed by atoms with van der Waals surface area (Å²) in [5.74, 6) is 0. The molecule has 0 N–H and O–H groups in total. The van der Waals surface area contributed by atoms with Gasteiger partial charge in [0.25, 0.3) is 9.05 Å². The second-order valence-corrected chi connectivity index (χ2v) is 5.47. The molecule has 0 fully saturated rings. The third kappa shape index (κ3) is 1.75. The van der Waals surface area contributed by atoms with Gasteiger partial charge in [-0.3, -0.25) is 4.79 Å². The van der Waals surface area contributed by atoms with Gasteiger partial charge in [-0.15, -0.1) is 0 Å². The van der Waals surface area contributed by atoms with E-state index in [1.165, 1.54) is 18.4 Å². The SMILES string of the molecule is O=Cc1cc(S(=O)(=O)Cl)cc2ccoc12. The maximum atomic E-state index is 11.1. The highest BCUT2D eigenvalue weighted by Gasteiger charge is 2.14. The first-order valence-electron chi connectivity index (χ1n) is 3.93. The van der Waals surface area contributed by atoms with Crippen LogP contribution in [-0.4, -0.2) is 14.7 Å². The molecule has 15 heavy (non-hydrogen) atoms. The Labute approximate surface area is 89.9 Å². The zero-order valence-corrected chi connectivity index (χ0v) is 8.88. The molecule has 0 aliphatic carbocycles. The van der Waals surface area contributed by atoms with E-state index in [0.717, 1.165) is 0 Å². The predicted octanol–water partition coefficient (Wildman–Crippen LogP) is 2.17. The molecular weight excluding hydrogens is 240 g/mol. The Hall–Kier alpha value is -1.33. The van der Waals surface area contributed by atoms with Crippen molar-refractivity contribution in [1.82, 2.24) is 0 Å². The van der Waals surface area contributed by atoms with Gasteiger partial charge in [0.05, 0.1) is 16.7 Å². The molecular formula is C9H5ClO4S. The third-order valence-electron chi connectivity index (χ3n) is 1.96. The quantitative estimate of drug-likeness (QED) is 0.600. The lowest BCUT2D eigenvalue weighted by Gasteiger charge is -1.98. The van der Waals surface area contributed by atoms with Gasteiger partial charge < -0.3 is 4.42 Å². The van der Waals surface area contributed by atoms with E-state index in [1.54, 1.807) is 6.07 Å². The largest absolute Gasteiger partial charge is 0.464 e. The first kappa shape index (κ1) is 10.2. The number of rotatable bonds is 2. The molecule has 0 radical (unpaired) electrons. The second-order valence-electron chi connectivity index (χ2n) is 2.91. The molecule has 0 aliphatic heterocycles. The van der Waals surface area contributed by atoms with Crippen LogP contribution in [0.25, 0.3) is 11.0 Å². The van der Waals surface area contributed by atoms with Gasteiger partial charge in [0.1, 0.15) is 5.58 Å². The second kappa shape index (κ2) is 3.36. The number of carbonyl (C=O) groups excluding carboxylic acids is 1. The smallest absolute Gasteiger partial charge is 0.261 e. The number of carbonyl (C=O) groups is 1. The molecule has 0 saturated carbocycles. The Balaban J connectivity index is 2.86. The van der Waals surface area contributed by atoms with Crippen LogP contribution in [0.5, 0.6) is 0 Å². The van der Waals surface area contributed by atoms with Crippen LogP contribution in [-0.2, 0) is 9.05 Å². The molecule has 0 saturated heterocycles. The number of benzene rings is 1. The van der Waals surface area contributed by atoms with Crippen molar-refractivity contribution in [2.24, 2.45) is 0 Å². The molecule has 78 valence electrons. The van der Waals surface area contributed by atoms with Crippen molar-refractivity contribution in [2.75, 3.05) is 0 Å². The molecule has 4 nitrogen and oxygen atoms in total. The number of halogens is 1. The van der Waals surface area contributed by atoms with Gasteiger partial charge in [0.15, 0.2) is 6.29 Å². The summed E-state index contributed by atoms with van der Waals surface area (Å²) in [7, 11) is 1.35. The van der Waals surface area contributed by atoms with Crippen LogP contribution in [0, 0.1) is 0 Å². The van der Waals surface area contributed by atoms with Crippen LogP contribution >= 0.6 is 10.7 Å². The minimum Gasteiger partial charge on any atom is -0.464 e. The van der Waals surface area contributed by atoms with E-state index in [0.29, 0.717) is 17.3 Å². The molecule has 0 unspecified atom stereocenters. The van der Waals surface area contributed by atoms with Crippen molar-refractivity contribution in [3.8, 4) is 0 Å². The number of furan rings is 1. The van der Waals surface area contributed by atoms with Crippen molar-refractivity contribution in [1.29, 1.82) is 0 Å². The van der Waals surface area contributed by atoms with E-state index in [-0.39, 0.29) is 10.5 Å². The molecule has 0 spiro atoms. The summed E-state index contributed by atoms with van der Waals surface area (Å²) in [6.45, 7) is 0. The van der Waals surface area contributed by atoms with Crippen molar-refractivity contribution in [2.45, 2.75) is 4.90 Å². The maximum absolute atomic E-state index is 11.1. The summed E-state index contributed by atoms with van der Waals surface area (Å²) in [6, 6.07) is 4.10. The van der Waals surface area contributed by atoms with E-state index < -0.39 is 9.05 Å². The predicted molar refractivity (Wildman–Crippen MR) is 54.6 cm³/mol. The summed E-state index contributed by atoms with van der Waals surface area (Å²) < 4.78 is 27.2. The molecule has 0 bridgehead atoms. The van der Waals surface area contributed by atoms with E-state index >= 15 is 0 Å². The van der Waals surface area contributed by atoms with Gasteiger partial charge in [-0.2, -0.15) is 0 Å². The van der Waals surface area contributed by atoms with Gasteiger partial charge in [-0.05, 0) is 18.2 Å². The molecule has 1 aromatic heterocycles. The molecule has 0 amide bonds. The van der Waals surface area contributed by atoms with Crippen molar-refractivity contribution < 1.29 is 17.6 Å². The third-order valence-corrected chi connectivity index (χ3v) is 3.30. The maximum Gasteiger partial charge on any atom is 0.261 e. The lowest BCUT2D eigenvalue weighted by molar-refractivity contribution is 0.112. The van der Waals surface area contributed by atoms with Crippen molar-refractivity contribution in [3.05, 3.63) is 30.0 Å². The molecule has 1 heterocycles. The molecule has 2 rings (SSSR count). The van der Waals surface area contributed by atoms with Gasteiger partial charge in [-0.1, -0.05) is 0 Å².